The highest BCUT2D eigenvalue weighted by molar-refractivity contribution is 7.74. The van der Waals surface area contributed by atoms with Gasteiger partial charge >= 0.3 is 0 Å². The van der Waals surface area contributed by atoms with Crippen LogP contribution < -0.4 is 15.1 Å². The summed E-state index contributed by atoms with van der Waals surface area (Å²) in [7, 11) is 1.40. The lowest BCUT2D eigenvalue weighted by Crippen LogP contribution is -2.43. The van der Waals surface area contributed by atoms with Crippen LogP contribution in [0.1, 0.15) is 49.1 Å². The van der Waals surface area contributed by atoms with Crippen molar-refractivity contribution in [2.45, 2.75) is 44.6 Å². The summed E-state index contributed by atoms with van der Waals surface area (Å²) in [5, 5.41) is 19.8. The zero-order chi connectivity index (χ0) is 28.4. The first-order valence-corrected chi connectivity index (χ1v) is 13.1. The van der Waals surface area contributed by atoms with Gasteiger partial charge in [0.1, 0.15) is 38.3 Å². The molecular weight excluding hydrogens is 546 g/mol. The predicted octanol–water partition coefficient (Wildman–Crippen LogP) is 6.15. The topological polar surface area (TPSA) is 94.3 Å². The van der Waals surface area contributed by atoms with Crippen molar-refractivity contribution in [3.63, 3.8) is 0 Å². The van der Waals surface area contributed by atoms with E-state index in [1.165, 1.54) is 11.9 Å². The minimum absolute atomic E-state index is 0.163. The molecule has 8 nitrogen and oxygen atoms in total. The van der Waals surface area contributed by atoms with Crippen molar-refractivity contribution >= 4 is 36.1 Å². The maximum Gasteiger partial charge on any atom is 0.273 e. The molecule has 0 amide bonds. The lowest BCUT2D eigenvalue weighted by molar-refractivity contribution is -0.955. The van der Waals surface area contributed by atoms with Crippen LogP contribution in [0.25, 0.3) is 0 Å². The number of alkyl halides is 2. The summed E-state index contributed by atoms with van der Waals surface area (Å²) in [5.41, 5.74) is 5.07. The molecule has 1 atom stereocenters. The molecule has 206 valence electrons. The van der Waals surface area contributed by atoms with Gasteiger partial charge in [0.25, 0.3) is 11.9 Å². The first kappa shape index (κ1) is 28.8. The van der Waals surface area contributed by atoms with E-state index < -0.39 is 22.0 Å². The van der Waals surface area contributed by atoms with Crippen molar-refractivity contribution in [2.24, 2.45) is 0 Å². The van der Waals surface area contributed by atoms with Gasteiger partial charge in [0.2, 0.25) is 0 Å². The summed E-state index contributed by atoms with van der Waals surface area (Å²) in [6.45, 7) is 4.17. The Morgan fingerprint density at radius 2 is 1.97 bits per heavy atom. The Hall–Kier alpha value is -3.17. The van der Waals surface area contributed by atoms with Crippen LogP contribution in [-0.4, -0.2) is 45.4 Å². The molecule has 1 aliphatic heterocycles. The minimum atomic E-state index is -2.81. The number of hydrogen-bond donors (Lipinski definition) is 3. The first-order valence-electron chi connectivity index (χ1n) is 12.3. The molecule has 1 aromatic heterocycles. The average molecular weight is 576 g/mol. The van der Waals surface area contributed by atoms with Crippen LogP contribution in [0.15, 0.2) is 48.7 Å². The maximum atomic E-state index is 14.1. The summed E-state index contributed by atoms with van der Waals surface area (Å²) >= 11 is 10.6. The largest absolute Gasteiger partial charge is 0.487 e. The second-order valence-corrected chi connectivity index (χ2v) is 11.4. The molecule has 1 aliphatic rings. The molecule has 2 heterocycles. The van der Waals surface area contributed by atoms with Crippen molar-refractivity contribution in [3.05, 3.63) is 76.1 Å². The van der Waals surface area contributed by atoms with Gasteiger partial charge < -0.3 is 9.64 Å². The third kappa shape index (κ3) is 7.08. The molecule has 4 rings (SSSR count). The fourth-order valence-electron chi connectivity index (χ4n) is 4.53. The molecule has 1 fully saturated rings. The Labute approximate surface area is 236 Å². The Morgan fingerprint density at radius 3 is 2.62 bits per heavy atom. The van der Waals surface area contributed by atoms with E-state index in [4.69, 9.17) is 16.3 Å². The minimum Gasteiger partial charge on any atom is -0.487 e. The molecule has 3 aromatic rings. The molecule has 0 spiro atoms. The van der Waals surface area contributed by atoms with E-state index in [9.17, 15) is 19.2 Å². The van der Waals surface area contributed by atoms with Crippen LogP contribution in [-0.2, 0) is 12.0 Å². The summed E-state index contributed by atoms with van der Waals surface area (Å²) in [4.78, 5) is 9.84. The van der Waals surface area contributed by atoms with Crippen molar-refractivity contribution in [1.82, 2.24) is 9.97 Å². The average Bonchev–Trinajstić information content (AvgIpc) is 2.85. The van der Waals surface area contributed by atoms with E-state index in [2.05, 4.69) is 34.3 Å². The Morgan fingerprint density at radius 1 is 1.26 bits per heavy atom. The van der Waals surface area contributed by atoms with Gasteiger partial charge in [-0.3, -0.25) is 0 Å². The van der Waals surface area contributed by atoms with Crippen LogP contribution >= 0.6 is 24.4 Å². The fraction of sp³-hybridized carbons (Fsp3) is 0.370. The number of benzene rings is 2. The predicted molar refractivity (Wildman–Crippen MR) is 148 cm³/mol. The number of anilines is 2. The number of rotatable bonds is 8. The van der Waals surface area contributed by atoms with Crippen molar-refractivity contribution < 1.29 is 22.9 Å². The van der Waals surface area contributed by atoms with Gasteiger partial charge in [-0.05, 0) is 52.0 Å². The highest BCUT2D eigenvalue weighted by Crippen LogP contribution is 2.41. The van der Waals surface area contributed by atoms with Gasteiger partial charge in [0.05, 0.1) is 28.5 Å². The van der Waals surface area contributed by atoms with Gasteiger partial charge in [-0.1, -0.05) is 37.6 Å². The van der Waals surface area contributed by atoms with Gasteiger partial charge in [-0.15, -0.1) is 0 Å². The van der Waals surface area contributed by atoms with Crippen LogP contribution in [0, 0.1) is 11.3 Å². The third-order valence-corrected chi connectivity index (χ3v) is 6.99. The molecule has 0 saturated carbocycles. The van der Waals surface area contributed by atoms with E-state index in [1.54, 1.807) is 24.4 Å². The number of halogens is 3. The van der Waals surface area contributed by atoms with Crippen LogP contribution in [0.4, 0.5) is 20.4 Å². The van der Waals surface area contributed by atoms with Gasteiger partial charge in [0.15, 0.2) is 0 Å². The molecule has 0 aliphatic carbocycles. The van der Waals surface area contributed by atoms with E-state index in [0.29, 0.717) is 30.1 Å². The van der Waals surface area contributed by atoms with E-state index in [0.717, 1.165) is 11.1 Å². The molecule has 39 heavy (non-hydrogen) atoms. The lowest BCUT2D eigenvalue weighted by Gasteiger charge is -2.36. The number of ether oxygens (including phenoxy) is 1. The maximum absolute atomic E-state index is 14.1. The lowest BCUT2D eigenvalue weighted by atomic mass is 9.77. The van der Waals surface area contributed by atoms with E-state index in [-0.39, 0.29) is 29.6 Å². The molecular formula is C27H30ClF2N6O2S+. The number of nitrogens with zero attached hydrogens (tertiary/aromatic N) is 5. The molecule has 0 radical (unpaired) electrons. The first-order chi connectivity index (χ1) is 18.3. The molecule has 12 heteroatoms. The normalized spacial score (nSPS) is 16.7. The Kier molecular flexibility index (Phi) is 8.23. The highest BCUT2D eigenvalue weighted by Gasteiger charge is 2.37. The van der Waals surface area contributed by atoms with Crippen molar-refractivity contribution in [2.75, 3.05) is 30.5 Å². The van der Waals surface area contributed by atoms with Crippen molar-refractivity contribution in [1.29, 1.82) is 5.26 Å². The summed E-state index contributed by atoms with van der Waals surface area (Å²) in [5.74, 6) is -1.99. The number of hydrogen-bond acceptors (Lipinski definition) is 8. The number of quaternary nitrogens is 1. The number of nitriles is 1. The molecule has 2 aromatic carbocycles. The standard InChI is InChI=1S/C27H30ClF2N6O2S/c1-26(2,20-13-18(15-31)24(23(28)14-20)35-12-4-10-27(29,30)17-35)19-5-7-22(8-6-19)38-16-21-9-11-32-25(33-21)34-36(3,37)39/h5-9,11,13-14,37,39H,4,10,12,16-17H2,1-3H3,(H,32,33,34)/q+1. The summed E-state index contributed by atoms with van der Waals surface area (Å²) in [6.07, 6.45) is 1.72. The Balaban J connectivity index is 1.50. The monoisotopic (exact) mass is 575 g/mol. The number of hydroxylamine groups is 1. The summed E-state index contributed by atoms with van der Waals surface area (Å²) < 4.78 is 33.2. The number of nitrogens with one attached hydrogen (secondary N) is 1. The number of piperidine rings is 1. The molecule has 2 N–H and O–H groups in total. The molecule has 0 bridgehead atoms. The molecule has 1 saturated heterocycles. The molecule has 1 unspecified atom stereocenters. The zero-order valence-corrected chi connectivity index (χ0v) is 23.5. The SMILES string of the molecule is CC(C)(c1ccc(OCc2ccnc(N[N+](C)(O)S)n2)cc1)c1cc(Cl)c(N2CCCC(F)(F)C2)c(C#N)c1. The van der Waals surface area contributed by atoms with Crippen LogP contribution in [0.2, 0.25) is 5.02 Å². The number of aromatic nitrogens is 2. The smallest absolute Gasteiger partial charge is 0.273 e. The van der Waals surface area contributed by atoms with E-state index in [1.807, 2.05) is 38.1 Å². The Bertz CT molecular complexity index is 1380. The van der Waals surface area contributed by atoms with Crippen molar-refractivity contribution in [3.8, 4) is 11.8 Å². The van der Waals surface area contributed by atoms with Crippen LogP contribution in [0.3, 0.4) is 0 Å². The second-order valence-electron chi connectivity index (χ2n) is 10.2. The fourth-order valence-corrected chi connectivity index (χ4v) is 4.96. The highest BCUT2D eigenvalue weighted by atomic mass is 35.5. The third-order valence-electron chi connectivity index (χ3n) is 6.60. The van der Waals surface area contributed by atoms with Gasteiger partial charge in [0, 0.05) is 24.6 Å². The number of thiol groups is 1. The van der Waals surface area contributed by atoms with Gasteiger partial charge in [-0.25, -0.2) is 18.7 Å². The van der Waals surface area contributed by atoms with Crippen LogP contribution in [0.5, 0.6) is 5.75 Å². The second kappa shape index (κ2) is 11.1. The van der Waals surface area contributed by atoms with E-state index >= 15 is 0 Å². The summed E-state index contributed by atoms with van der Waals surface area (Å²) in [6, 6.07) is 14.9. The quantitative estimate of drug-likeness (QED) is 0.168. The zero-order valence-electron chi connectivity index (χ0n) is 21.8. The van der Waals surface area contributed by atoms with Gasteiger partial charge in [-0.2, -0.15) is 15.9 Å².